The molecular weight excluding hydrogens is 366 g/mol. The van der Waals surface area contributed by atoms with Crippen molar-refractivity contribution in [3.05, 3.63) is 64.2 Å². The minimum atomic E-state index is -0.240. The minimum absolute atomic E-state index is 0.205. The van der Waals surface area contributed by atoms with Crippen LogP contribution in [0.4, 0.5) is 0 Å². The molecule has 0 aliphatic heterocycles. The lowest BCUT2D eigenvalue weighted by Crippen LogP contribution is -2.25. The predicted molar refractivity (Wildman–Crippen MR) is 103 cm³/mol. The highest BCUT2D eigenvalue weighted by atomic mass is 35.5. The standard InChI is InChI=1S/C19H22ClN5O2/c1-4-25-15(5-7-22-25)11-21-19(26)17-6-8-24(23-17)12-27-16-9-13(2)18(20)14(3)10-16/h5-10H,4,11-12H2,1-3H3,(H,21,26). The molecule has 0 aliphatic rings. The van der Waals surface area contributed by atoms with Gasteiger partial charge in [0.1, 0.15) is 11.4 Å². The second kappa shape index (κ2) is 8.26. The van der Waals surface area contributed by atoms with Gasteiger partial charge < -0.3 is 10.1 Å². The Bertz CT molecular complexity index is 924. The van der Waals surface area contributed by atoms with Crippen molar-refractivity contribution in [3.8, 4) is 5.75 Å². The highest BCUT2D eigenvalue weighted by molar-refractivity contribution is 6.32. The minimum Gasteiger partial charge on any atom is -0.471 e. The summed E-state index contributed by atoms with van der Waals surface area (Å²) in [5.41, 5.74) is 3.20. The maximum atomic E-state index is 12.3. The molecule has 8 heteroatoms. The van der Waals surface area contributed by atoms with E-state index in [1.54, 1.807) is 23.1 Å². The van der Waals surface area contributed by atoms with Gasteiger partial charge >= 0.3 is 0 Å². The molecule has 7 nitrogen and oxygen atoms in total. The van der Waals surface area contributed by atoms with Gasteiger partial charge in [-0.1, -0.05) is 11.6 Å². The summed E-state index contributed by atoms with van der Waals surface area (Å²) in [7, 11) is 0. The summed E-state index contributed by atoms with van der Waals surface area (Å²) < 4.78 is 9.16. The lowest BCUT2D eigenvalue weighted by atomic mass is 10.1. The van der Waals surface area contributed by atoms with Gasteiger partial charge in [0.25, 0.3) is 5.91 Å². The number of halogens is 1. The zero-order valence-corrected chi connectivity index (χ0v) is 16.3. The molecule has 0 fully saturated rings. The Morgan fingerprint density at radius 3 is 2.70 bits per heavy atom. The van der Waals surface area contributed by atoms with E-state index in [9.17, 15) is 4.79 Å². The van der Waals surface area contributed by atoms with Crippen LogP contribution in [0, 0.1) is 13.8 Å². The summed E-state index contributed by atoms with van der Waals surface area (Å²) in [6, 6.07) is 7.30. The predicted octanol–water partition coefficient (Wildman–Crippen LogP) is 3.34. The van der Waals surface area contributed by atoms with Gasteiger partial charge in [0.15, 0.2) is 6.73 Å². The van der Waals surface area contributed by atoms with Gasteiger partial charge in [-0.3, -0.25) is 9.48 Å². The number of carbonyl (C=O) groups is 1. The fourth-order valence-corrected chi connectivity index (χ4v) is 2.85. The molecule has 3 rings (SSSR count). The number of amides is 1. The van der Waals surface area contributed by atoms with Gasteiger partial charge in [0.2, 0.25) is 0 Å². The second-order valence-corrected chi connectivity index (χ2v) is 6.58. The number of hydrogen-bond acceptors (Lipinski definition) is 4. The second-order valence-electron chi connectivity index (χ2n) is 6.21. The van der Waals surface area contributed by atoms with Crippen LogP contribution in [-0.4, -0.2) is 25.5 Å². The number of aryl methyl sites for hydroxylation is 3. The Morgan fingerprint density at radius 2 is 2.00 bits per heavy atom. The van der Waals surface area contributed by atoms with Crippen LogP contribution in [-0.2, 0) is 19.8 Å². The van der Waals surface area contributed by atoms with E-state index in [0.717, 1.165) is 28.4 Å². The van der Waals surface area contributed by atoms with Crippen LogP contribution >= 0.6 is 11.6 Å². The monoisotopic (exact) mass is 387 g/mol. The van der Waals surface area contributed by atoms with Gasteiger partial charge in [-0.05, 0) is 56.2 Å². The summed E-state index contributed by atoms with van der Waals surface area (Å²) in [5.74, 6) is 0.472. The van der Waals surface area contributed by atoms with Crippen LogP contribution in [0.3, 0.4) is 0 Å². The third-order valence-corrected chi connectivity index (χ3v) is 4.78. The van der Waals surface area contributed by atoms with Crippen molar-refractivity contribution in [3.63, 3.8) is 0 Å². The Balaban J connectivity index is 1.57. The number of ether oxygens (including phenoxy) is 1. The lowest BCUT2D eigenvalue weighted by molar-refractivity contribution is 0.0943. The molecule has 3 aromatic rings. The molecule has 27 heavy (non-hydrogen) atoms. The summed E-state index contributed by atoms with van der Waals surface area (Å²) >= 11 is 6.17. The number of benzene rings is 1. The number of nitrogens with one attached hydrogen (secondary N) is 1. The lowest BCUT2D eigenvalue weighted by Gasteiger charge is -2.10. The van der Waals surface area contributed by atoms with Gasteiger partial charge in [0, 0.05) is 24.0 Å². The van der Waals surface area contributed by atoms with Crippen LogP contribution in [0.5, 0.6) is 5.75 Å². The Morgan fingerprint density at radius 1 is 1.26 bits per heavy atom. The quantitative estimate of drug-likeness (QED) is 0.674. The molecule has 0 spiro atoms. The van der Waals surface area contributed by atoms with E-state index in [4.69, 9.17) is 16.3 Å². The van der Waals surface area contributed by atoms with E-state index < -0.39 is 0 Å². The van der Waals surface area contributed by atoms with E-state index in [-0.39, 0.29) is 12.6 Å². The highest BCUT2D eigenvalue weighted by Crippen LogP contribution is 2.25. The molecule has 0 saturated heterocycles. The molecule has 1 amide bonds. The molecule has 0 radical (unpaired) electrons. The van der Waals surface area contributed by atoms with Crippen LogP contribution in [0.25, 0.3) is 0 Å². The molecular formula is C19H22ClN5O2. The zero-order valence-electron chi connectivity index (χ0n) is 15.6. The van der Waals surface area contributed by atoms with E-state index in [0.29, 0.717) is 18.0 Å². The number of nitrogens with zero attached hydrogens (tertiary/aromatic N) is 4. The maximum Gasteiger partial charge on any atom is 0.272 e. The van der Waals surface area contributed by atoms with Crippen molar-refractivity contribution >= 4 is 17.5 Å². The van der Waals surface area contributed by atoms with Gasteiger partial charge in [-0.15, -0.1) is 0 Å². The first kappa shape index (κ1) is 19.0. The number of hydrogen-bond donors (Lipinski definition) is 1. The normalized spacial score (nSPS) is 10.8. The van der Waals surface area contributed by atoms with Crippen molar-refractivity contribution in [2.75, 3.05) is 0 Å². The third-order valence-electron chi connectivity index (χ3n) is 4.18. The third kappa shape index (κ3) is 4.49. The Labute approximate surface area is 162 Å². The topological polar surface area (TPSA) is 74.0 Å². The van der Waals surface area contributed by atoms with E-state index in [1.165, 1.54) is 0 Å². The fourth-order valence-electron chi connectivity index (χ4n) is 2.74. The van der Waals surface area contributed by atoms with Crippen LogP contribution < -0.4 is 10.1 Å². The van der Waals surface area contributed by atoms with Crippen LogP contribution in [0.1, 0.15) is 34.2 Å². The number of aromatic nitrogens is 4. The van der Waals surface area contributed by atoms with Crippen molar-refractivity contribution in [1.82, 2.24) is 24.9 Å². The molecule has 2 aromatic heterocycles. The Kier molecular flexibility index (Phi) is 5.81. The summed E-state index contributed by atoms with van der Waals surface area (Å²) in [4.78, 5) is 12.3. The average Bonchev–Trinajstić information content (AvgIpc) is 3.31. The molecule has 0 aliphatic carbocycles. The van der Waals surface area contributed by atoms with Crippen molar-refractivity contribution < 1.29 is 9.53 Å². The smallest absolute Gasteiger partial charge is 0.272 e. The van der Waals surface area contributed by atoms with Crippen molar-refractivity contribution in [1.29, 1.82) is 0 Å². The first-order valence-electron chi connectivity index (χ1n) is 8.69. The molecule has 0 atom stereocenters. The largest absolute Gasteiger partial charge is 0.471 e. The van der Waals surface area contributed by atoms with Crippen LogP contribution in [0.15, 0.2) is 36.7 Å². The molecule has 1 N–H and O–H groups in total. The SMILES string of the molecule is CCn1nccc1CNC(=O)c1ccn(COc2cc(C)c(Cl)c(C)c2)n1. The summed E-state index contributed by atoms with van der Waals surface area (Å²) in [6.45, 7) is 7.24. The van der Waals surface area contributed by atoms with Gasteiger partial charge in [0.05, 0.1) is 12.2 Å². The van der Waals surface area contributed by atoms with E-state index in [2.05, 4.69) is 15.5 Å². The van der Waals surface area contributed by atoms with Crippen molar-refractivity contribution in [2.24, 2.45) is 0 Å². The van der Waals surface area contributed by atoms with Crippen molar-refractivity contribution in [2.45, 2.75) is 40.6 Å². The number of rotatable bonds is 7. The number of carbonyl (C=O) groups excluding carboxylic acids is 1. The highest BCUT2D eigenvalue weighted by Gasteiger charge is 2.11. The molecule has 0 saturated carbocycles. The maximum absolute atomic E-state index is 12.3. The summed E-state index contributed by atoms with van der Waals surface area (Å²) in [6.07, 6.45) is 3.43. The molecule has 2 heterocycles. The van der Waals surface area contributed by atoms with Crippen LogP contribution in [0.2, 0.25) is 5.02 Å². The first-order valence-corrected chi connectivity index (χ1v) is 9.07. The van der Waals surface area contributed by atoms with E-state index in [1.807, 2.05) is 43.7 Å². The first-order chi connectivity index (χ1) is 13.0. The summed E-state index contributed by atoms with van der Waals surface area (Å²) in [5, 5.41) is 12.0. The van der Waals surface area contributed by atoms with Gasteiger partial charge in [-0.2, -0.15) is 10.2 Å². The fraction of sp³-hybridized carbons (Fsp3) is 0.316. The molecule has 142 valence electrons. The molecule has 0 bridgehead atoms. The molecule has 0 unspecified atom stereocenters. The van der Waals surface area contributed by atoms with Gasteiger partial charge in [-0.25, -0.2) is 4.68 Å². The average molecular weight is 388 g/mol. The molecule has 1 aromatic carbocycles. The zero-order chi connectivity index (χ0) is 19.4. The Hall–Kier alpha value is -2.80. The van der Waals surface area contributed by atoms with E-state index >= 15 is 0 Å².